The second-order valence-corrected chi connectivity index (χ2v) is 13.8. The van der Waals surface area contributed by atoms with Gasteiger partial charge in [-0.1, -0.05) is 29.8 Å². The van der Waals surface area contributed by atoms with Gasteiger partial charge in [0.1, 0.15) is 24.1 Å². The third-order valence-electron chi connectivity index (χ3n) is 6.47. The van der Waals surface area contributed by atoms with Crippen molar-refractivity contribution >= 4 is 42.1 Å². The maximum absolute atomic E-state index is 14.9. The highest BCUT2D eigenvalue weighted by molar-refractivity contribution is 7.62. The monoisotopic (exact) mass is 574 g/mol. The molecule has 2 atom stereocenters. The van der Waals surface area contributed by atoms with Gasteiger partial charge >= 0.3 is 0 Å². The van der Waals surface area contributed by atoms with Crippen molar-refractivity contribution in [3.63, 3.8) is 0 Å². The maximum Gasteiger partial charge on any atom is 0.252 e. The second kappa shape index (κ2) is 12.3. The average molecular weight is 575 g/mol. The number of anilines is 3. The lowest BCUT2D eigenvalue weighted by molar-refractivity contribution is 0.0937. The number of likely N-dealkylation sites (N-methyl/N-ethyl adjacent to an activating group) is 1. The minimum absolute atomic E-state index is 0.171. The Morgan fingerprint density at radius 3 is 2.67 bits per heavy atom. The molecule has 0 aliphatic carbocycles. The molecule has 2 unspecified atom stereocenters. The van der Waals surface area contributed by atoms with Gasteiger partial charge in [-0.3, -0.25) is 4.79 Å². The Morgan fingerprint density at radius 2 is 1.97 bits per heavy atom. The quantitative estimate of drug-likeness (QED) is 0.220. The van der Waals surface area contributed by atoms with Crippen LogP contribution in [0.3, 0.4) is 0 Å². The number of fused-ring (bicyclic) bond motifs is 1. The molecule has 1 aliphatic rings. The molecule has 2 heterocycles. The fourth-order valence-electron chi connectivity index (χ4n) is 4.24. The van der Waals surface area contributed by atoms with Gasteiger partial charge in [-0.25, -0.2) is 9.37 Å². The van der Waals surface area contributed by atoms with Gasteiger partial charge in [-0.05, 0) is 62.2 Å². The van der Waals surface area contributed by atoms with Crippen LogP contribution in [0.4, 0.5) is 21.8 Å². The first-order chi connectivity index (χ1) is 18.5. The van der Waals surface area contributed by atoms with Crippen LogP contribution in [0.25, 0.3) is 0 Å². The number of methoxy groups -OCH3 is 1. The van der Waals surface area contributed by atoms with Crippen molar-refractivity contribution in [2.24, 2.45) is 0 Å². The number of hydrogen-bond donors (Lipinski definition) is 3. The van der Waals surface area contributed by atoms with Crippen molar-refractivity contribution in [2.75, 3.05) is 44.7 Å². The van der Waals surface area contributed by atoms with E-state index < -0.39 is 25.1 Å². The van der Waals surface area contributed by atoms with E-state index in [0.717, 1.165) is 19.5 Å². The molecule has 39 heavy (non-hydrogen) atoms. The molecule has 3 aromatic rings. The number of amides is 1. The minimum Gasteiger partial charge on any atom is -0.495 e. The van der Waals surface area contributed by atoms with E-state index in [0.29, 0.717) is 17.0 Å². The van der Waals surface area contributed by atoms with Crippen molar-refractivity contribution < 1.29 is 18.5 Å². The van der Waals surface area contributed by atoms with E-state index in [1.54, 1.807) is 37.4 Å². The Morgan fingerprint density at radius 1 is 1.23 bits per heavy atom. The Balaban J connectivity index is 1.58. The molecule has 2 aromatic carbocycles. The number of ether oxygens (including phenoxy) is 1. The molecule has 0 fully saturated rings. The molecule has 0 saturated carbocycles. The zero-order valence-corrected chi connectivity index (χ0v) is 24.0. The molecule has 0 saturated heterocycles. The molecule has 9 nitrogen and oxygen atoms in total. The van der Waals surface area contributed by atoms with Crippen molar-refractivity contribution in [1.29, 1.82) is 0 Å². The van der Waals surface area contributed by atoms with Crippen LogP contribution < -0.4 is 20.7 Å². The summed E-state index contributed by atoms with van der Waals surface area (Å²) in [4.78, 5) is 23.9. The van der Waals surface area contributed by atoms with E-state index in [4.69, 9.17) is 16.3 Å². The second-order valence-electron chi connectivity index (χ2n) is 9.96. The van der Waals surface area contributed by atoms with Gasteiger partial charge in [0.2, 0.25) is 5.95 Å². The standard InChI is InChI=1S/C27H33ClFN6O3P/c1-35-11-10-18-13-22(38-2)21(12-19(18)16-35)31-27-30-15-20(28)25(34-27)32-24(14-23(29)39(3,4)37)33-26(36)17-8-6-5-7-9-17/h5-9,12-13,15,23-24H,10-11,14,16H2,1-4H3,(H,33,36)(H2,30,31,32,34). The summed E-state index contributed by atoms with van der Waals surface area (Å²) in [6.45, 7) is 4.54. The van der Waals surface area contributed by atoms with Crippen LogP contribution in [-0.2, 0) is 17.5 Å². The van der Waals surface area contributed by atoms with Crippen LogP contribution >= 0.6 is 18.7 Å². The van der Waals surface area contributed by atoms with Gasteiger partial charge in [0, 0.05) is 25.1 Å². The summed E-state index contributed by atoms with van der Waals surface area (Å²) in [6.07, 6.45) is 1.14. The van der Waals surface area contributed by atoms with Crippen LogP contribution in [0.5, 0.6) is 5.75 Å². The van der Waals surface area contributed by atoms with E-state index in [2.05, 4.69) is 37.9 Å². The third kappa shape index (κ3) is 7.47. The smallest absolute Gasteiger partial charge is 0.252 e. The highest BCUT2D eigenvalue weighted by Gasteiger charge is 2.28. The molecule has 208 valence electrons. The Kier molecular flexibility index (Phi) is 9.10. The Hall–Kier alpha value is -3.20. The molecule has 0 radical (unpaired) electrons. The third-order valence-corrected chi connectivity index (χ3v) is 8.31. The van der Waals surface area contributed by atoms with Gasteiger partial charge in [-0.2, -0.15) is 4.98 Å². The Labute approximate surface area is 232 Å². The van der Waals surface area contributed by atoms with Crippen molar-refractivity contribution in [3.8, 4) is 5.75 Å². The summed E-state index contributed by atoms with van der Waals surface area (Å²) in [5.41, 5.74) is 3.50. The zero-order valence-electron chi connectivity index (χ0n) is 22.4. The first-order valence-electron chi connectivity index (χ1n) is 12.5. The number of rotatable bonds is 10. The molecule has 1 amide bonds. The maximum atomic E-state index is 14.9. The molecule has 0 bridgehead atoms. The largest absolute Gasteiger partial charge is 0.495 e. The Bertz CT molecular complexity index is 1370. The summed E-state index contributed by atoms with van der Waals surface area (Å²) in [5, 5.41) is 9.13. The topological polar surface area (TPSA) is 108 Å². The van der Waals surface area contributed by atoms with Crippen molar-refractivity contribution in [3.05, 3.63) is 70.4 Å². The molecule has 1 aromatic heterocycles. The fourth-order valence-corrected chi connectivity index (χ4v) is 5.11. The number of aromatic nitrogens is 2. The van der Waals surface area contributed by atoms with E-state index in [9.17, 15) is 13.8 Å². The lowest BCUT2D eigenvalue weighted by Gasteiger charge is -2.26. The van der Waals surface area contributed by atoms with Crippen LogP contribution in [0.15, 0.2) is 48.7 Å². The summed E-state index contributed by atoms with van der Waals surface area (Å²) in [6, 6.07) is 12.6. The first-order valence-corrected chi connectivity index (χ1v) is 15.6. The molecular weight excluding hydrogens is 542 g/mol. The molecule has 3 N–H and O–H groups in total. The van der Waals surface area contributed by atoms with Crippen LogP contribution in [-0.4, -0.2) is 66.9 Å². The first kappa shape index (κ1) is 28.8. The van der Waals surface area contributed by atoms with Gasteiger partial charge < -0.3 is 30.2 Å². The van der Waals surface area contributed by atoms with Gasteiger partial charge in [0.15, 0.2) is 11.7 Å². The normalized spacial score (nSPS) is 15.1. The lowest BCUT2D eigenvalue weighted by Crippen LogP contribution is -2.42. The van der Waals surface area contributed by atoms with Crippen LogP contribution in [0, 0.1) is 0 Å². The highest BCUT2D eigenvalue weighted by Crippen LogP contribution is 2.45. The van der Waals surface area contributed by atoms with Crippen molar-refractivity contribution in [1.82, 2.24) is 20.2 Å². The van der Waals surface area contributed by atoms with E-state index in [1.807, 2.05) is 12.1 Å². The minimum atomic E-state index is -3.07. The predicted octanol–water partition coefficient (Wildman–Crippen LogP) is 5.35. The number of nitrogens with zero attached hydrogens (tertiary/aromatic N) is 3. The number of nitrogens with one attached hydrogen (secondary N) is 3. The van der Waals surface area contributed by atoms with E-state index in [-0.39, 0.29) is 23.2 Å². The summed E-state index contributed by atoms with van der Waals surface area (Å²) in [5.74, 6) is -1.01. The SMILES string of the molecule is COc1cc2c(cc1Nc1ncc(Cl)c(NC(CC(F)P(C)(C)=O)NC(=O)c3ccccc3)n1)CN(C)CC2. The predicted molar refractivity (Wildman–Crippen MR) is 154 cm³/mol. The summed E-state index contributed by atoms with van der Waals surface area (Å²) in [7, 11) is 0.602. The number of hydrogen-bond acceptors (Lipinski definition) is 8. The number of carbonyl (C=O) groups excluding carboxylic acids is 1. The number of alkyl halides is 1. The summed E-state index contributed by atoms with van der Waals surface area (Å²) >= 11 is 6.39. The number of halogens is 2. The van der Waals surface area contributed by atoms with Crippen LogP contribution in [0.1, 0.15) is 27.9 Å². The molecule has 0 spiro atoms. The molecule has 12 heteroatoms. The number of benzene rings is 2. The van der Waals surface area contributed by atoms with Gasteiger partial charge in [0.25, 0.3) is 5.91 Å². The van der Waals surface area contributed by atoms with Crippen LogP contribution in [0.2, 0.25) is 5.02 Å². The zero-order chi connectivity index (χ0) is 28.2. The molecule has 4 rings (SSSR count). The van der Waals surface area contributed by atoms with Gasteiger partial charge in [0.05, 0.1) is 19.0 Å². The lowest BCUT2D eigenvalue weighted by atomic mass is 9.99. The molecular formula is C27H33ClFN6O3P. The highest BCUT2D eigenvalue weighted by atomic mass is 35.5. The molecule has 1 aliphatic heterocycles. The summed E-state index contributed by atoms with van der Waals surface area (Å²) < 4.78 is 32.9. The van der Waals surface area contributed by atoms with Gasteiger partial charge in [-0.15, -0.1) is 0 Å². The van der Waals surface area contributed by atoms with E-state index >= 15 is 0 Å². The number of carbonyl (C=O) groups is 1. The fraction of sp³-hybridized carbons (Fsp3) is 0.370. The average Bonchev–Trinajstić information content (AvgIpc) is 2.90. The van der Waals surface area contributed by atoms with E-state index in [1.165, 1.54) is 30.7 Å². The van der Waals surface area contributed by atoms with Crippen molar-refractivity contribution in [2.45, 2.75) is 31.5 Å².